The molecule has 2 aliphatic rings. The number of rotatable bonds is 7. The van der Waals surface area contributed by atoms with Crippen molar-refractivity contribution in [2.75, 3.05) is 16.2 Å². The fourth-order valence-corrected chi connectivity index (χ4v) is 5.43. The third kappa shape index (κ3) is 4.59. The molecule has 1 N–H and O–H groups in total. The molecule has 0 saturated heterocycles. The summed E-state index contributed by atoms with van der Waals surface area (Å²) in [6, 6.07) is 11.2. The molecule has 1 aliphatic carbocycles. The molecule has 1 saturated carbocycles. The number of carbonyl (C=O) groups is 1. The second-order valence-electron chi connectivity index (χ2n) is 7.89. The van der Waals surface area contributed by atoms with Crippen LogP contribution in [0.5, 0.6) is 0 Å². The van der Waals surface area contributed by atoms with Crippen LogP contribution in [-0.4, -0.2) is 20.9 Å². The van der Waals surface area contributed by atoms with Gasteiger partial charge in [0.25, 0.3) is 0 Å². The first-order chi connectivity index (χ1) is 13.9. The molecule has 0 aromatic heterocycles. The smallest absolute Gasteiger partial charge is 0.236 e. The van der Waals surface area contributed by atoms with Crippen molar-refractivity contribution in [3.8, 4) is 0 Å². The lowest BCUT2D eigenvalue weighted by Gasteiger charge is -2.30. The molecule has 29 heavy (non-hydrogen) atoms. The predicted molar refractivity (Wildman–Crippen MR) is 117 cm³/mol. The number of fused-ring (bicyclic) bond motifs is 1. The van der Waals surface area contributed by atoms with Gasteiger partial charge in [0.05, 0.1) is 22.2 Å². The molecule has 7 heteroatoms. The first-order valence-corrected chi connectivity index (χ1v) is 12.1. The molecule has 1 heterocycles. The van der Waals surface area contributed by atoms with Gasteiger partial charge in [-0.15, -0.1) is 0 Å². The van der Waals surface area contributed by atoms with E-state index >= 15 is 0 Å². The highest BCUT2D eigenvalue weighted by atomic mass is 35.5. The van der Waals surface area contributed by atoms with Crippen LogP contribution >= 0.6 is 11.6 Å². The Morgan fingerprint density at radius 3 is 2.52 bits per heavy atom. The molecule has 5 nitrogen and oxygen atoms in total. The van der Waals surface area contributed by atoms with Gasteiger partial charge in [-0.1, -0.05) is 42.8 Å². The SMILES string of the molecule is CCCN1C(=O)CCc2cc(NS(=O)(=O)Cc3ccc(C4CC4)cc3)cc(Cl)c21. The standard InChI is InChI=1S/C22H25ClN2O3S/c1-2-11-25-21(26)10-9-18-12-19(13-20(23)22(18)25)24-29(27,28)14-15-3-5-16(6-4-15)17-7-8-17/h3-6,12-13,17,24H,2,7-11,14H2,1H3. The molecule has 0 radical (unpaired) electrons. The third-order valence-corrected chi connectivity index (χ3v) is 6.98. The van der Waals surface area contributed by atoms with Crippen molar-refractivity contribution >= 4 is 38.9 Å². The molecule has 4 rings (SSSR count). The number of halogens is 1. The van der Waals surface area contributed by atoms with E-state index < -0.39 is 10.0 Å². The number of anilines is 2. The molecule has 0 bridgehead atoms. The van der Waals surface area contributed by atoms with Crippen LogP contribution in [-0.2, 0) is 27.0 Å². The topological polar surface area (TPSA) is 66.5 Å². The number of nitrogens with one attached hydrogen (secondary N) is 1. The van der Waals surface area contributed by atoms with Crippen molar-refractivity contribution in [1.82, 2.24) is 0 Å². The number of hydrogen-bond acceptors (Lipinski definition) is 3. The van der Waals surface area contributed by atoms with Crippen LogP contribution in [0.3, 0.4) is 0 Å². The summed E-state index contributed by atoms with van der Waals surface area (Å²) in [5.41, 5.74) is 4.09. The van der Waals surface area contributed by atoms with Gasteiger partial charge in [0, 0.05) is 13.0 Å². The van der Waals surface area contributed by atoms with Crippen LogP contribution in [0, 0.1) is 0 Å². The van der Waals surface area contributed by atoms with Gasteiger partial charge in [-0.25, -0.2) is 8.42 Å². The van der Waals surface area contributed by atoms with Gasteiger partial charge < -0.3 is 4.90 Å². The maximum absolute atomic E-state index is 12.7. The summed E-state index contributed by atoms with van der Waals surface area (Å²) < 4.78 is 28.0. The third-order valence-electron chi connectivity index (χ3n) is 5.43. The summed E-state index contributed by atoms with van der Waals surface area (Å²) in [5, 5.41) is 0.399. The van der Waals surface area contributed by atoms with E-state index in [0.29, 0.717) is 41.7 Å². The van der Waals surface area contributed by atoms with Crippen LogP contribution in [0.15, 0.2) is 36.4 Å². The normalized spacial score (nSPS) is 16.6. The molecule has 1 amide bonds. The van der Waals surface area contributed by atoms with Crippen LogP contribution < -0.4 is 9.62 Å². The average Bonchev–Trinajstić information content (AvgIpc) is 3.49. The van der Waals surface area contributed by atoms with Crippen LogP contribution in [0.4, 0.5) is 11.4 Å². The van der Waals surface area contributed by atoms with Crippen molar-refractivity contribution in [2.24, 2.45) is 0 Å². The van der Waals surface area contributed by atoms with Crippen molar-refractivity contribution in [1.29, 1.82) is 0 Å². The lowest BCUT2D eigenvalue weighted by Crippen LogP contribution is -2.36. The summed E-state index contributed by atoms with van der Waals surface area (Å²) in [5.74, 6) is 0.618. The highest BCUT2D eigenvalue weighted by Gasteiger charge is 2.27. The summed E-state index contributed by atoms with van der Waals surface area (Å²) in [7, 11) is -3.57. The van der Waals surface area contributed by atoms with Gasteiger partial charge in [0.1, 0.15) is 0 Å². The Bertz CT molecular complexity index is 1030. The average molecular weight is 433 g/mol. The van der Waals surface area contributed by atoms with E-state index in [2.05, 4.69) is 4.72 Å². The van der Waals surface area contributed by atoms with Gasteiger partial charge in [0.2, 0.25) is 15.9 Å². The molecule has 2 aromatic carbocycles. The molecular formula is C22H25ClN2O3S. The number of amides is 1. The summed E-state index contributed by atoms with van der Waals surface area (Å²) in [4.78, 5) is 14.0. The fraction of sp³-hybridized carbons (Fsp3) is 0.409. The molecule has 1 fully saturated rings. The molecule has 154 valence electrons. The minimum atomic E-state index is -3.57. The zero-order valence-electron chi connectivity index (χ0n) is 16.4. The quantitative estimate of drug-likeness (QED) is 0.680. The maximum atomic E-state index is 12.7. The minimum absolute atomic E-state index is 0.0595. The fourth-order valence-electron chi connectivity index (χ4n) is 3.91. The minimum Gasteiger partial charge on any atom is -0.311 e. The van der Waals surface area contributed by atoms with Gasteiger partial charge in [-0.3, -0.25) is 9.52 Å². The highest BCUT2D eigenvalue weighted by molar-refractivity contribution is 7.91. The molecule has 0 spiro atoms. The van der Waals surface area contributed by atoms with Crippen LogP contribution in [0.2, 0.25) is 5.02 Å². The Balaban J connectivity index is 1.52. The van der Waals surface area contributed by atoms with Crippen LogP contribution in [0.25, 0.3) is 0 Å². The Hall–Kier alpha value is -2.05. The van der Waals surface area contributed by atoms with Gasteiger partial charge in [-0.2, -0.15) is 0 Å². The second kappa shape index (κ2) is 8.00. The van der Waals surface area contributed by atoms with Crippen molar-refractivity contribution in [2.45, 2.75) is 50.7 Å². The number of aryl methyl sites for hydroxylation is 1. The van der Waals surface area contributed by atoms with Crippen molar-refractivity contribution in [3.05, 3.63) is 58.1 Å². The van der Waals surface area contributed by atoms with Crippen molar-refractivity contribution in [3.63, 3.8) is 0 Å². The van der Waals surface area contributed by atoms with E-state index in [0.717, 1.165) is 17.5 Å². The van der Waals surface area contributed by atoms with Crippen molar-refractivity contribution < 1.29 is 13.2 Å². The number of benzene rings is 2. The van der Waals surface area contributed by atoms with Gasteiger partial charge >= 0.3 is 0 Å². The molecule has 1 aliphatic heterocycles. The van der Waals surface area contributed by atoms with E-state index in [4.69, 9.17) is 11.6 Å². The Kier molecular flexibility index (Phi) is 5.58. The Labute approximate surface area is 177 Å². The number of carbonyl (C=O) groups excluding carboxylic acids is 1. The van der Waals surface area contributed by atoms with Gasteiger partial charge in [-0.05, 0) is 60.4 Å². The summed E-state index contributed by atoms with van der Waals surface area (Å²) in [6.45, 7) is 2.61. The van der Waals surface area contributed by atoms with Crippen LogP contribution in [0.1, 0.15) is 55.2 Å². The lowest BCUT2D eigenvalue weighted by atomic mass is 10.00. The number of hydrogen-bond donors (Lipinski definition) is 1. The van der Waals surface area contributed by atoms with Gasteiger partial charge in [0.15, 0.2) is 0 Å². The highest BCUT2D eigenvalue weighted by Crippen LogP contribution is 2.40. The Morgan fingerprint density at radius 1 is 1.14 bits per heavy atom. The Morgan fingerprint density at radius 2 is 1.86 bits per heavy atom. The second-order valence-corrected chi connectivity index (χ2v) is 10.0. The molecule has 0 atom stereocenters. The first kappa shape index (κ1) is 20.2. The summed E-state index contributed by atoms with van der Waals surface area (Å²) >= 11 is 6.46. The van der Waals surface area contributed by atoms with E-state index in [1.54, 1.807) is 17.0 Å². The first-order valence-electron chi connectivity index (χ1n) is 10.1. The predicted octanol–water partition coefficient (Wildman–Crippen LogP) is 4.85. The number of nitrogens with zero attached hydrogens (tertiary/aromatic N) is 1. The number of sulfonamides is 1. The van der Waals surface area contributed by atoms with E-state index in [9.17, 15) is 13.2 Å². The zero-order valence-corrected chi connectivity index (χ0v) is 18.0. The lowest BCUT2D eigenvalue weighted by molar-refractivity contribution is -0.118. The molecule has 0 unspecified atom stereocenters. The largest absolute Gasteiger partial charge is 0.311 e. The zero-order chi connectivity index (χ0) is 20.6. The van der Waals surface area contributed by atoms with E-state index in [1.165, 1.54) is 18.4 Å². The monoisotopic (exact) mass is 432 g/mol. The molecular weight excluding hydrogens is 408 g/mol. The molecule has 2 aromatic rings. The van der Waals surface area contributed by atoms with E-state index in [1.807, 2.05) is 31.2 Å². The van der Waals surface area contributed by atoms with E-state index in [-0.39, 0.29) is 11.7 Å². The summed E-state index contributed by atoms with van der Waals surface area (Å²) in [6.07, 6.45) is 4.24. The maximum Gasteiger partial charge on any atom is 0.236 e.